The Hall–Kier alpha value is -3.86. The second-order valence-electron chi connectivity index (χ2n) is 9.82. The summed E-state index contributed by atoms with van der Waals surface area (Å²) in [4.78, 5) is 28.7. The number of anilines is 1. The lowest BCUT2D eigenvalue weighted by molar-refractivity contribution is -0.140. The van der Waals surface area contributed by atoms with E-state index in [1.807, 2.05) is 56.3 Å². The quantitative estimate of drug-likeness (QED) is 0.324. The van der Waals surface area contributed by atoms with Gasteiger partial charge in [-0.25, -0.2) is 8.42 Å². The number of alkyl halides is 3. The van der Waals surface area contributed by atoms with Crippen LogP contribution < -0.4 is 9.62 Å². The molecule has 41 heavy (non-hydrogen) atoms. The van der Waals surface area contributed by atoms with Gasteiger partial charge in [0.05, 0.1) is 17.5 Å². The molecule has 0 spiro atoms. The van der Waals surface area contributed by atoms with E-state index >= 15 is 0 Å². The van der Waals surface area contributed by atoms with E-state index in [-0.39, 0.29) is 18.7 Å². The Bertz CT molecular complexity index is 1430. The van der Waals surface area contributed by atoms with Gasteiger partial charge in [0, 0.05) is 19.5 Å². The molecule has 0 saturated heterocycles. The zero-order valence-corrected chi connectivity index (χ0v) is 24.0. The lowest BCUT2D eigenvalue weighted by atomic mass is 10.0. The Morgan fingerprint density at radius 3 is 2.17 bits per heavy atom. The van der Waals surface area contributed by atoms with Crippen molar-refractivity contribution in [1.29, 1.82) is 0 Å². The molecule has 3 aromatic carbocycles. The van der Waals surface area contributed by atoms with E-state index < -0.39 is 46.2 Å². The Balaban J connectivity index is 2.06. The maximum absolute atomic E-state index is 14.0. The van der Waals surface area contributed by atoms with Crippen molar-refractivity contribution in [3.8, 4) is 0 Å². The van der Waals surface area contributed by atoms with Gasteiger partial charge in [0.15, 0.2) is 0 Å². The highest BCUT2D eigenvalue weighted by Gasteiger charge is 2.35. The molecule has 220 valence electrons. The molecular weight excluding hydrogens is 555 g/mol. The summed E-state index contributed by atoms with van der Waals surface area (Å²) in [5.41, 5.74) is 1.12. The van der Waals surface area contributed by atoms with Crippen molar-refractivity contribution in [2.24, 2.45) is 0 Å². The molecule has 2 amide bonds. The fraction of sp³-hybridized carbons (Fsp3) is 0.333. The first kappa shape index (κ1) is 31.7. The maximum atomic E-state index is 14.0. The predicted molar refractivity (Wildman–Crippen MR) is 153 cm³/mol. The van der Waals surface area contributed by atoms with Crippen LogP contribution in [-0.4, -0.2) is 50.5 Å². The minimum absolute atomic E-state index is 0.0175. The van der Waals surface area contributed by atoms with Gasteiger partial charge in [-0.15, -0.1) is 0 Å². The van der Waals surface area contributed by atoms with Crippen molar-refractivity contribution in [3.05, 3.63) is 101 Å². The molecule has 3 aromatic rings. The van der Waals surface area contributed by atoms with E-state index in [0.29, 0.717) is 28.9 Å². The second-order valence-corrected chi connectivity index (χ2v) is 11.7. The summed E-state index contributed by atoms with van der Waals surface area (Å²) in [5.74, 6) is -1.15. The zero-order chi connectivity index (χ0) is 30.2. The van der Waals surface area contributed by atoms with E-state index in [1.54, 1.807) is 12.1 Å². The first-order valence-electron chi connectivity index (χ1n) is 13.1. The number of amides is 2. The van der Waals surface area contributed by atoms with E-state index in [2.05, 4.69) is 5.32 Å². The minimum Gasteiger partial charge on any atom is -0.354 e. The third kappa shape index (κ3) is 9.07. The summed E-state index contributed by atoms with van der Waals surface area (Å²) in [5, 5.41) is 2.83. The van der Waals surface area contributed by atoms with Gasteiger partial charge in [0.2, 0.25) is 21.8 Å². The van der Waals surface area contributed by atoms with E-state index in [4.69, 9.17) is 0 Å². The van der Waals surface area contributed by atoms with Gasteiger partial charge in [-0.2, -0.15) is 13.2 Å². The Morgan fingerprint density at radius 1 is 0.927 bits per heavy atom. The van der Waals surface area contributed by atoms with E-state index in [0.717, 1.165) is 29.5 Å². The molecule has 0 aromatic heterocycles. The molecule has 0 aliphatic carbocycles. The van der Waals surface area contributed by atoms with E-state index in [1.165, 1.54) is 11.0 Å². The number of rotatable bonds is 12. The molecule has 0 saturated carbocycles. The molecule has 1 unspecified atom stereocenters. The number of benzene rings is 3. The van der Waals surface area contributed by atoms with Crippen molar-refractivity contribution < 1.29 is 31.2 Å². The number of aryl methyl sites for hydroxylation is 1. The maximum Gasteiger partial charge on any atom is 0.416 e. The van der Waals surface area contributed by atoms with Gasteiger partial charge in [0.1, 0.15) is 12.6 Å². The van der Waals surface area contributed by atoms with Crippen LogP contribution in [0.1, 0.15) is 35.6 Å². The summed E-state index contributed by atoms with van der Waals surface area (Å²) in [6.45, 7) is 3.36. The van der Waals surface area contributed by atoms with Crippen LogP contribution in [0.5, 0.6) is 0 Å². The van der Waals surface area contributed by atoms with Gasteiger partial charge >= 0.3 is 6.18 Å². The van der Waals surface area contributed by atoms with Gasteiger partial charge in [-0.1, -0.05) is 73.2 Å². The minimum atomic E-state index is -4.71. The molecule has 0 fully saturated rings. The van der Waals surface area contributed by atoms with Crippen molar-refractivity contribution in [2.45, 2.75) is 45.5 Å². The number of nitrogens with one attached hydrogen (secondary N) is 1. The van der Waals surface area contributed by atoms with Gasteiger partial charge in [-0.05, 0) is 42.7 Å². The van der Waals surface area contributed by atoms with Crippen LogP contribution in [0.2, 0.25) is 0 Å². The van der Waals surface area contributed by atoms with Crippen molar-refractivity contribution in [2.75, 3.05) is 23.7 Å². The average Bonchev–Trinajstić information content (AvgIpc) is 2.92. The zero-order valence-electron chi connectivity index (χ0n) is 23.2. The Labute approximate surface area is 239 Å². The highest BCUT2D eigenvalue weighted by atomic mass is 32.2. The monoisotopic (exact) mass is 589 g/mol. The van der Waals surface area contributed by atoms with Crippen LogP contribution in [-0.2, 0) is 38.8 Å². The standard InChI is InChI=1S/C30H34F3N3O4S/c1-4-17-34-29(38)27(18-23-9-6-5-7-10-23)35(20-24-15-13-22(2)14-16-24)28(37)21-36(41(3,39)40)26-12-8-11-25(19-26)30(31,32)33/h5-16,19,27H,4,17-18,20-21H2,1-3H3,(H,34,38). The summed E-state index contributed by atoms with van der Waals surface area (Å²) >= 11 is 0. The summed E-state index contributed by atoms with van der Waals surface area (Å²) < 4.78 is 66.4. The summed E-state index contributed by atoms with van der Waals surface area (Å²) in [6.07, 6.45) is -3.08. The number of sulfonamides is 1. The number of carbonyl (C=O) groups excluding carboxylic acids is 2. The fourth-order valence-corrected chi connectivity index (χ4v) is 5.10. The van der Waals surface area contributed by atoms with E-state index in [9.17, 15) is 31.2 Å². The van der Waals surface area contributed by atoms with Crippen molar-refractivity contribution >= 4 is 27.5 Å². The smallest absolute Gasteiger partial charge is 0.354 e. The number of hydrogen-bond acceptors (Lipinski definition) is 4. The number of nitrogens with zero attached hydrogens (tertiary/aromatic N) is 2. The first-order chi connectivity index (χ1) is 19.3. The van der Waals surface area contributed by atoms with Gasteiger partial charge < -0.3 is 10.2 Å². The van der Waals surface area contributed by atoms with Gasteiger partial charge in [-0.3, -0.25) is 13.9 Å². The normalized spacial score (nSPS) is 12.4. The summed E-state index contributed by atoms with van der Waals surface area (Å²) in [7, 11) is -4.19. The van der Waals surface area contributed by atoms with Crippen LogP contribution in [0, 0.1) is 6.92 Å². The third-order valence-electron chi connectivity index (χ3n) is 6.43. The topological polar surface area (TPSA) is 86.8 Å². The molecule has 0 radical (unpaired) electrons. The number of hydrogen-bond donors (Lipinski definition) is 1. The molecule has 0 aliphatic rings. The second kappa shape index (κ2) is 13.7. The number of halogens is 3. The lowest BCUT2D eigenvalue weighted by Gasteiger charge is -2.33. The summed E-state index contributed by atoms with van der Waals surface area (Å²) in [6, 6.07) is 19.2. The third-order valence-corrected chi connectivity index (χ3v) is 7.58. The van der Waals surface area contributed by atoms with Crippen molar-refractivity contribution in [3.63, 3.8) is 0 Å². The molecule has 11 heteroatoms. The van der Waals surface area contributed by atoms with Crippen LogP contribution in [0.25, 0.3) is 0 Å². The molecule has 3 rings (SSSR count). The average molecular weight is 590 g/mol. The molecule has 0 bridgehead atoms. The Kier molecular flexibility index (Phi) is 10.6. The molecule has 1 N–H and O–H groups in total. The predicted octanol–water partition coefficient (Wildman–Crippen LogP) is 4.95. The fourth-order valence-electron chi connectivity index (χ4n) is 4.26. The lowest BCUT2D eigenvalue weighted by Crippen LogP contribution is -2.53. The van der Waals surface area contributed by atoms with Crippen LogP contribution in [0.4, 0.5) is 18.9 Å². The van der Waals surface area contributed by atoms with Crippen LogP contribution in [0.15, 0.2) is 78.9 Å². The Morgan fingerprint density at radius 2 is 1.59 bits per heavy atom. The molecule has 0 heterocycles. The van der Waals surface area contributed by atoms with Crippen molar-refractivity contribution in [1.82, 2.24) is 10.2 Å². The highest BCUT2D eigenvalue weighted by Crippen LogP contribution is 2.32. The largest absolute Gasteiger partial charge is 0.416 e. The van der Waals surface area contributed by atoms with Crippen LogP contribution in [0.3, 0.4) is 0 Å². The molecule has 7 nitrogen and oxygen atoms in total. The number of carbonyl (C=O) groups is 2. The molecule has 1 atom stereocenters. The highest BCUT2D eigenvalue weighted by molar-refractivity contribution is 7.92. The molecular formula is C30H34F3N3O4S. The first-order valence-corrected chi connectivity index (χ1v) is 15.0. The van der Waals surface area contributed by atoms with Gasteiger partial charge in [0.25, 0.3) is 0 Å². The SMILES string of the molecule is CCCNC(=O)C(Cc1ccccc1)N(Cc1ccc(C)cc1)C(=O)CN(c1cccc(C(F)(F)F)c1)S(C)(=O)=O. The van der Waals surface area contributed by atoms with Crippen LogP contribution >= 0.6 is 0 Å². The molecule has 0 aliphatic heterocycles.